The van der Waals surface area contributed by atoms with Gasteiger partial charge in [0.15, 0.2) is 0 Å². The number of hydrogen-bond donors (Lipinski definition) is 1. The molecule has 3 heteroatoms. The van der Waals surface area contributed by atoms with E-state index in [1.54, 1.807) is 0 Å². The van der Waals surface area contributed by atoms with Crippen LogP contribution in [0.25, 0.3) is 0 Å². The quantitative estimate of drug-likeness (QED) is 0.757. The molecule has 0 saturated heterocycles. The molecule has 1 saturated carbocycles. The third-order valence-electron chi connectivity index (χ3n) is 3.18. The molecule has 1 aliphatic carbocycles. The van der Waals surface area contributed by atoms with Crippen molar-refractivity contribution in [2.75, 3.05) is 6.54 Å². The topological polar surface area (TPSA) is 43.8 Å². The van der Waals surface area contributed by atoms with Gasteiger partial charge in [0.05, 0.1) is 12.0 Å². The van der Waals surface area contributed by atoms with Crippen molar-refractivity contribution < 1.29 is 0 Å². The fraction of sp³-hybridized carbons (Fsp3) is 0.700. The van der Waals surface area contributed by atoms with E-state index in [-0.39, 0.29) is 0 Å². The lowest BCUT2D eigenvalue weighted by atomic mass is 9.65. The van der Waals surface area contributed by atoms with Crippen LogP contribution in [0, 0.1) is 0 Å². The predicted octanol–water partition coefficient (Wildman–Crippen LogP) is 1.19. The van der Waals surface area contributed by atoms with Crippen molar-refractivity contribution in [3.8, 4) is 0 Å². The fourth-order valence-electron chi connectivity index (χ4n) is 2.20. The molecule has 0 atom stereocenters. The lowest BCUT2D eigenvalue weighted by molar-refractivity contribution is 0.223. The number of aromatic nitrogens is 2. The molecule has 3 nitrogen and oxygen atoms in total. The van der Waals surface area contributed by atoms with Gasteiger partial charge in [0.25, 0.3) is 0 Å². The second kappa shape index (κ2) is 3.14. The SMILES string of the molecule is Cn1cnc(C2(CCN)CCC2)c1. The Balaban J connectivity index is 2.21. The Morgan fingerprint density at radius 3 is 2.77 bits per heavy atom. The van der Waals surface area contributed by atoms with Gasteiger partial charge in [-0.1, -0.05) is 6.42 Å². The van der Waals surface area contributed by atoms with Gasteiger partial charge in [-0.3, -0.25) is 0 Å². The number of aryl methyl sites for hydroxylation is 1. The molecule has 0 aliphatic heterocycles. The van der Waals surface area contributed by atoms with E-state index >= 15 is 0 Å². The third-order valence-corrected chi connectivity index (χ3v) is 3.18. The largest absolute Gasteiger partial charge is 0.340 e. The highest BCUT2D eigenvalue weighted by Gasteiger charge is 2.39. The molecule has 1 aliphatic rings. The summed E-state index contributed by atoms with van der Waals surface area (Å²) in [6.07, 6.45) is 8.96. The monoisotopic (exact) mass is 179 g/mol. The number of nitrogens with two attached hydrogens (primary N) is 1. The maximum absolute atomic E-state index is 5.63. The van der Waals surface area contributed by atoms with E-state index < -0.39 is 0 Å². The van der Waals surface area contributed by atoms with Gasteiger partial charge >= 0.3 is 0 Å². The van der Waals surface area contributed by atoms with E-state index in [4.69, 9.17) is 5.73 Å². The zero-order valence-electron chi connectivity index (χ0n) is 8.16. The van der Waals surface area contributed by atoms with Crippen LogP contribution in [0.3, 0.4) is 0 Å². The summed E-state index contributed by atoms with van der Waals surface area (Å²) in [4.78, 5) is 4.44. The van der Waals surface area contributed by atoms with Gasteiger partial charge in [-0.2, -0.15) is 0 Å². The Morgan fingerprint density at radius 1 is 1.62 bits per heavy atom. The van der Waals surface area contributed by atoms with Gasteiger partial charge < -0.3 is 10.3 Å². The summed E-state index contributed by atoms with van der Waals surface area (Å²) in [5.74, 6) is 0. The molecule has 0 amide bonds. The highest BCUT2D eigenvalue weighted by atomic mass is 15.0. The second-order valence-electron chi connectivity index (χ2n) is 4.10. The number of imidazole rings is 1. The standard InChI is InChI=1S/C10H17N3/c1-13-7-9(12-8-13)10(5-6-11)3-2-4-10/h7-8H,2-6,11H2,1H3. The summed E-state index contributed by atoms with van der Waals surface area (Å²) in [5.41, 5.74) is 7.21. The second-order valence-corrected chi connectivity index (χ2v) is 4.10. The van der Waals surface area contributed by atoms with E-state index in [2.05, 4.69) is 11.2 Å². The van der Waals surface area contributed by atoms with Crippen LogP contribution < -0.4 is 5.73 Å². The van der Waals surface area contributed by atoms with Crippen LogP contribution in [-0.2, 0) is 12.5 Å². The average Bonchev–Trinajstić information content (AvgIpc) is 2.44. The minimum Gasteiger partial charge on any atom is -0.340 e. The van der Waals surface area contributed by atoms with Crippen molar-refractivity contribution >= 4 is 0 Å². The van der Waals surface area contributed by atoms with Crippen LogP contribution in [-0.4, -0.2) is 16.1 Å². The molecule has 1 heterocycles. The molecular weight excluding hydrogens is 162 g/mol. The molecule has 0 bridgehead atoms. The van der Waals surface area contributed by atoms with Crippen molar-refractivity contribution in [1.29, 1.82) is 0 Å². The van der Waals surface area contributed by atoms with Crippen molar-refractivity contribution in [3.05, 3.63) is 18.2 Å². The van der Waals surface area contributed by atoms with Gasteiger partial charge in [-0.15, -0.1) is 0 Å². The zero-order valence-corrected chi connectivity index (χ0v) is 8.16. The van der Waals surface area contributed by atoms with Crippen molar-refractivity contribution in [2.24, 2.45) is 12.8 Å². The predicted molar refractivity (Wildman–Crippen MR) is 52.4 cm³/mol. The highest BCUT2D eigenvalue weighted by molar-refractivity contribution is 5.18. The van der Waals surface area contributed by atoms with Crippen LogP contribution in [0.15, 0.2) is 12.5 Å². The van der Waals surface area contributed by atoms with Crippen LogP contribution in [0.5, 0.6) is 0 Å². The molecule has 0 radical (unpaired) electrons. The normalized spacial score (nSPS) is 19.8. The van der Waals surface area contributed by atoms with E-state index in [0.29, 0.717) is 5.41 Å². The molecule has 1 fully saturated rings. The van der Waals surface area contributed by atoms with Crippen LogP contribution in [0.2, 0.25) is 0 Å². The van der Waals surface area contributed by atoms with Crippen molar-refractivity contribution in [1.82, 2.24) is 9.55 Å². The Hall–Kier alpha value is -0.830. The summed E-state index contributed by atoms with van der Waals surface area (Å²) in [6.45, 7) is 0.774. The Morgan fingerprint density at radius 2 is 2.38 bits per heavy atom. The van der Waals surface area contributed by atoms with E-state index in [0.717, 1.165) is 13.0 Å². The van der Waals surface area contributed by atoms with Crippen LogP contribution in [0.1, 0.15) is 31.4 Å². The van der Waals surface area contributed by atoms with Gasteiger partial charge in [0.2, 0.25) is 0 Å². The van der Waals surface area contributed by atoms with Gasteiger partial charge in [-0.25, -0.2) is 4.98 Å². The lowest BCUT2D eigenvalue weighted by Gasteiger charge is -2.40. The van der Waals surface area contributed by atoms with E-state index in [1.807, 2.05) is 17.9 Å². The molecule has 0 spiro atoms. The first-order valence-electron chi connectivity index (χ1n) is 4.95. The Bertz CT molecular complexity index is 286. The molecule has 0 aromatic carbocycles. The van der Waals surface area contributed by atoms with Crippen LogP contribution >= 0.6 is 0 Å². The van der Waals surface area contributed by atoms with Crippen molar-refractivity contribution in [3.63, 3.8) is 0 Å². The molecule has 2 N–H and O–H groups in total. The van der Waals surface area contributed by atoms with Crippen LogP contribution in [0.4, 0.5) is 0 Å². The first-order valence-corrected chi connectivity index (χ1v) is 4.95. The summed E-state index contributed by atoms with van der Waals surface area (Å²) in [5, 5.41) is 0. The molecule has 13 heavy (non-hydrogen) atoms. The third kappa shape index (κ3) is 1.37. The molecule has 2 rings (SSSR count). The van der Waals surface area contributed by atoms with Gasteiger partial charge in [0, 0.05) is 18.7 Å². The smallest absolute Gasteiger partial charge is 0.0947 e. The Labute approximate surface area is 79.0 Å². The fourth-order valence-corrected chi connectivity index (χ4v) is 2.20. The first kappa shape index (κ1) is 8.75. The molecular formula is C10H17N3. The molecule has 0 unspecified atom stereocenters. The van der Waals surface area contributed by atoms with Gasteiger partial charge in [-0.05, 0) is 25.8 Å². The summed E-state index contributed by atoms with van der Waals surface area (Å²) in [7, 11) is 2.02. The summed E-state index contributed by atoms with van der Waals surface area (Å²) < 4.78 is 2.02. The highest BCUT2D eigenvalue weighted by Crippen LogP contribution is 2.45. The minimum atomic E-state index is 0.329. The van der Waals surface area contributed by atoms with E-state index in [1.165, 1.54) is 25.0 Å². The maximum Gasteiger partial charge on any atom is 0.0947 e. The maximum atomic E-state index is 5.63. The Kier molecular flexibility index (Phi) is 2.12. The van der Waals surface area contributed by atoms with E-state index in [9.17, 15) is 0 Å². The van der Waals surface area contributed by atoms with Crippen molar-refractivity contribution in [2.45, 2.75) is 31.1 Å². The summed E-state index contributed by atoms with van der Waals surface area (Å²) >= 11 is 0. The number of rotatable bonds is 3. The molecule has 1 aromatic rings. The molecule has 72 valence electrons. The average molecular weight is 179 g/mol. The lowest BCUT2D eigenvalue weighted by Crippen LogP contribution is -2.36. The summed E-state index contributed by atoms with van der Waals surface area (Å²) in [6, 6.07) is 0. The zero-order chi connectivity index (χ0) is 9.31. The number of nitrogens with zero attached hydrogens (tertiary/aromatic N) is 2. The van der Waals surface area contributed by atoms with Gasteiger partial charge in [0.1, 0.15) is 0 Å². The minimum absolute atomic E-state index is 0.329. The molecule has 1 aromatic heterocycles. The first-order chi connectivity index (χ1) is 6.27. The number of hydrogen-bond acceptors (Lipinski definition) is 2.